The molecule has 0 saturated carbocycles. The molecule has 1 aliphatic rings. The van der Waals surface area contributed by atoms with Crippen molar-refractivity contribution < 1.29 is 19.3 Å². The van der Waals surface area contributed by atoms with E-state index in [0.717, 1.165) is 17.7 Å². The van der Waals surface area contributed by atoms with Crippen molar-refractivity contribution >= 4 is 0 Å². The second-order valence-electron chi connectivity index (χ2n) is 5.56. The highest BCUT2D eigenvalue weighted by atomic mass is 16.5. The third-order valence-electron chi connectivity index (χ3n) is 3.63. The van der Waals surface area contributed by atoms with Gasteiger partial charge in [-0.05, 0) is 26.0 Å². The smallest absolute Gasteiger partial charge is 0.129 e. The van der Waals surface area contributed by atoms with Crippen molar-refractivity contribution in [3.8, 4) is 11.5 Å². The van der Waals surface area contributed by atoms with Gasteiger partial charge in [0.1, 0.15) is 17.6 Å². The number of ether oxygens (including phenoxy) is 3. The van der Waals surface area contributed by atoms with E-state index in [-0.39, 0.29) is 11.7 Å². The molecule has 19 heavy (non-hydrogen) atoms. The minimum absolute atomic E-state index is 0.0513. The van der Waals surface area contributed by atoms with Gasteiger partial charge in [-0.25, -0.2) is 0 Å². The molecule has 1 aromatic rings. The van der Waals surface area contributed by atoms with Crippen molar-refractivity contribution in [1.82, 2.24) is 0 Å². The highest BCUT2D eigenvalue weighted by molar-refractivity contribution is 5.43. The van der Waals surface area contributed by atoms with Crippen LogP contribution in [0.25, 0.3) is 0 Å². The molecule has 1 unspecified atom stereocenters. The first-order valence-electron chi connectivity index (χ1n) is 6.53. The molecule has 1 heterocycles. The Morgan fingerprint density at radius 1 is 1.37 bits per heavy atom. The predicted molar refractivity (Wildman–Crippen MR) is 72.7 cm³/mol. The summed E-state index contributed by atoms with van der Waals surface area (Å²) in [6, 6.07) is 5.52. The largest absolute Gasteiger partial charge is 0.497 e. The van der Waals surface area contributed by atoms with E-state index in [2.05, 4.69) is 0 Å². The topological polar surface area (TPSA) is 47.9 Å². The zero-order valence-electron chi connectivity index (χ0n) is 12.0. The number of hydrogen-bond donors (Lipinski definition) is 1. The number of aliphatic hydroxyl groups excluding tert-OH is 1. The van der Waals surface area contributed by atoms with Gasteiger partial charge in [0.2, 0.25) is 0 Å². The molecule has 4 heteroatoms. The minimum atomic E-state index is -0.493. The summed E-state index contributed by atoms with van der Waals surface area (Å²) >= 11 is 0. The van der Waals surface area contributed by atoms with Crippen LogP contribution < -0.4 is 9.47 Å². The van der Waals surface area contributed by atoms with Crippen LogP contribution in [0.15, 0.2) is 18.2 Å². The number of rotatable bonds is 4. The number of fused-ring (bicyclic) bond motifs is 1. The molecule has 1 aromatic carbocycles. The Morgan fingerprint density at radius 3 is 2.74 bits per heavy atom. The van der Waals surface area contributed by atoms with E-state index < -0.39 is 6.10 Å². The molecule has 2 rings (SSSR count). The van der Waals surface area contributed by atoms with Gasteiger partial charge in [-0.15, -0.1) is 0 Å². The van der Waals surface area contributed by atoms with Gasteiger partial charge < -0.3 is 19.3 Å². The van der Waals surface area contributed by atoms with Crippen LogP contribution in [0, 0.1) is 0 Å². The lowest BCUT2D eigenvalue weighted by Gasteiger charge is -2.34. The molecule has 0 bridgehead atoms. The Hall–Kier alpha value is -1.26. The molecular formula is C15H22O4. The van der Waals surface area contributed by atoms with Crippen LogP contribution in [-0.2, 0) is 4.74 Å². The van der Waals surface area contributed by atoms with Crippen molar-refractivity contribution in [3.63, 3.8) is 0 Å². The zero-order valence-corrected chi connectivity index (χ0v) is 12.0. The first-order valence-corrected chi connectivity index (χ1v) is 6.53. The molecule has 0 aliphatic carbocycles. The highest BCUT2D eigenvalue weighted by Gasteiger charge is 2.31. The van der Waals surface area contributed by atoms with E-state index in [4.69, 9.17) is 14.2 Å². The second-order valence-corrected chi connectivity index (χ2v) is 5.56. The van der Waals surface area contributed by atoms with E-state index in [9.17, 15) is 5.11 Å². The van der Waals surface area contributed by atoms with Gasteiger partial charge in [-0.3, -0.25) is 0 Å². The normalized spacial score (nSPS) is 22.6. The first-order chi connectivity index (χ1) is 8.95. The van der Waals surface area contributed by atoms with Gasteiger partial charge in [-0.1, -0.05) is 0 Å². The lowest BCUT2D eigenvalue weighted by molar-refractivity contribution is -0.0312. The summed E-state index contributed by atoms with van der Waals surface area (Å²) in [4.78, 5) is 0. The predicted octanol–water partition coefficient (Wildman–Crippen LogP) is 2.69. The van der Waals surface area contributed by atoms with Gasteiger partial charge in [0.05, 0.1) is 18.8 Å². The summed E-state index contributed by atoms with van der Waals surface area (Å²) in [6.45, 7) is 4.04. The summed E-state index contributed by atoms with van der Waals surface area (Å²) in [5.74, 6) is 1.44. The zero-order chi connectivity index (χ0) is 14.0. The van der Waals surface area contributed by atoms with Gasteiger partial charge in [0.25, 0.3) is 0 Å². The third-order valence-corrected chi connectivity index (χ3v) is 3.63. The van der Waals surface area contributed by atoms with Gasteiger partial charge >= 0.3 is 0 Å². The number of aliphatic hydroxyl groups is 1. The molecule has 0 radical (unpaired) electrons. The van der Waals surface area contributed by atoms with Crippen LogP contribution >= 0.6 is 0 Å². The molecule has 4 nitrogen and oxygen atoms in total. The molecule has 2 atom stereocenters. The van der Waals surface area contributed by atoms with Gasteiger partial charge in [-0.2, -0.15) is 0 Å². The van der Waals surface area contributed by atoms with E-state index in [1.807, 2.05) is 32.0 Å². The molecule has 1 aliphatic heterocycles. The van der Waals surface area contributed by atoms with E-state index >= 15 is 0 Å². The van der Waals surface area contributed by atoms with Crippen LogP contribution in [0.3, 0.4) is 0 Å². The maximum atomic E-state index is 10.2. The maximum Gasteiger partial charge on any atom is 0.129 e. The Kier molecular flexibility index (Phi) is 4.02. The van der Waals surface area contributed by atoms with Crippen molar-refractivity contribution in [2.45, 2.75) is 44.5 Å². The SMILES string of the molecule is COc1ccc2c(c1)OC(CC(C)(C)OC)C[C@@H]2O. The molecule has 1 N–H and O–H groups in total. The minimum Gasteiger partial charge on any atom is -0.497 e. The lowest BCUT2D eigenvalue weighted by Crippen LogP contribution is -2.35. The Bertz CT molecular complexity index is 442. The monoisotopic (exact) mass is 266 g/mol. The summed E-state index contributed by atoms with van der Waals surface area (Å²) in [7, 11) is 3.31. The fourth-order valence-corrected chi connectivity index (χ4v) is 2.38. The van der Waals surface area contributed by atoms with E-state index in [1.54, 1.807) is 14.2 Å². The number of hydrogen-bond acceptors (Lipinski definition) is 4. The summed E-state index contributed by atoms with van der Waals surface area (Å²) in [5, 5.41) is 10.2. The van der Waals surface area contributed by atoms with Crippen molar-refractivity contribution in [1.29, 1.82) is 0 Å². The molecule has 0 spiro atoms. The number of methoxy groups -OCH3 is 2. The fourth-order valence-electron chi connectivity index (χ4n) is 2.38. The van der Waals surface area contributed by atoms with Crippen LogP contribution in [0.1, 0.15) is 38.4 Å². The van der Waals surface area contributed by atoms with Crippen LogP contribution in [-0.4, -0.2) is 31.0 Å². The second kappa shape index (κ2) is 5.39. The molecule has 0 saturated heterocycles. The van der Waals surface area contributed by atoms with Crippen molar-refractivity contribution in [2.75, 3.05) is 14.2 Å². The van der Waals surface area contributed by atoms with Crippen molar-refractivity contribution in [2.24, 2.45) is 0 Å². The van der Waals surface area contributed by atoms with Gasteiger partial charge in [0, 0.05) is 31.6 Å². The standard InChI is InChI=1S/C15H22O4/c1-15(2,18-4)9-11-7-13(16)12-6-5-10(17-3)8-14(12)19-11/h5-6,8,11,13,16H,7,9H2,1-4H3/t11?,13-/m0/s1. The van der Waals surface area contributed by atoms with Crippen molar-refractivity contribution in [3.05, 3.63) is 23.8 Å². The van der Waals surface area contributed by atoms with Gasteiger partial charge in [0.15, 0.2) is 0 Å². The van der Waals surface area contributed by atoms with Crippen LogP contribution in [0.4, 0.5) is 0 Å². The summed E-state index contributed by atoms with van der Waals surface area (Å²) < 4.78 is 16.6. The number of benzene rings is 1. The molecule has 0 amide bonds. The van der Waals surface area contributed by atoms with E-state index in [1.165, 1.54) is 0 Å². The Labute approximate surface area is 114 Å². The molecule has 106 valence electrons. The maximum absolute atomic E-state index is 10.2. The van der Waals surface area contributed by atoms with E-state index in [0.29, 0.717) is 12.2 Å². The fraction of sp³-hybridized carbons (Fsp3) is 0.600. The summed E-state index contributed by atoms with van der Waals surface area (Å²) in [6.07, 6.45) is 0.778. The average Bonchev–Trinajstić information content (AvgIpc) is 2.37. The highest BCUT2D eigenvalue weighted by Crippen LogP contribution is 2.39. The third kappa shape index (κ3) is 3.19. The van der Waals surface area contributed by atoms with Crippen LogP contribution in [0.5, 0.6) is 11.5 Å². The first kappa shape index (κ1) is 14.2. The van der Waals surface area contributed by atoms with Crippen LogP contribution in [0.2, 0.25) is 0 Å². The molecule has 0 aromatic heterocycles. The lowest BCUT2D eigenvalue weighted by atomic mass is 9.92. The Balaban J connectivity index is 2.18. The quantitative estimate of drug-likeness (QED) is 0.910. The Morgan fingerprint density at radius 2 is 2.11 bits per heavy atom. The summed E-state index contributed by atoms with van der Waals surface area (Å²) in [5.41, 5.74) is 0.563. The molecule has 0 fully saturated rings. The molecular weight excluding hydrogens is 244 g/mol. The average molecular weight is 266 g/mol.